The van der Waals surface area contributed by atoms with E-state index in [0.29, 0.717) is 6.61 Å². The van der Waals surface area contributed by atoms with E-state index in [0.717, 1.165) is 19.8 Å². The van der Waals surface area contributed by atoms with E-state index >= 15 is 0 Å². The van der Waals surface area contributed by atoms with E-state index < -0.39 is 17.5 Å². The Hall–Kier alpha value is -0.770. The van der Waals surface area contributed by atoms with Crippen LogP contribution in [-0.2, 0) is 14.3 Å². The predicted octanol–water partition coefficient (Wildman–Crippen LogP) is 0.795. The first-order valence-corrected chi connectivity index (χ1v) is 9.23. The van der Waals surface area contributed by atoms with E-state index in [1.165, 1.54) is 25.7 Å². The van der Waals surface area contributed by atoms with Gasteiger partial charge in [-0.2, -0.15) is 0 Å². The standard InChI is InChI=1S/C16H34O6.C2H4O2/c1-2-3-4-5-6-7-8-21-13-16(11-18,12-19)14-22-10-15(20)9-17;1-2(3)4/h15,17-20H,2-14H2,1H3;1H3,(H,3,4). The zero-order chi connectivity index (χ0) is 20.3. The lowest BCUT2D eigenvalue weighted by molar-refractivity contribution is -0.134. The number of aliphatic hydroxyl groups excluding tert-OH is 4. The molecule has 0 saturated carbocycles. The molecule has 8 heteroatoms. The maximum Gasteiger partial charge on any atom is 0.300 e. The summed E-state index contributed by atoms with van der Waals surface area (Å²) in [6.45, 7) is 3.25. The maximum atomic E-state index is 9.47. The molecule has 0 aromatic carbocycles. The highest BCUT2D eigenvalue weighted by atomic mass is 16.5. The van der Waals surface area contributed by atoms with Crippen LogP contribution >= 0.6 is 0 Å². The number of carboxylic acid groups (broad SMARTS) is 1. The van der Waals surface area contributed by atoms with Crippen LogP contribution in [0.5, 0.6) is 0 Å². The Bertz CT molecular complexity index is 304. The molecule has 158 valence electrons. The molecule has 0 saturated heterocycles. The van der Waals surface area contributed by atoms with Crippen molar-refractivity contribution in [2.45, 2.75) is 58.5 Å². The van der Waals surface area contributed by atoms with Crippen molar-refractivity contribution in [2.75, 3.05) is 46.2 Å². The third kappa shape index (κ3) is 18.0. The molecule has 0 amide bonds. The third-order valence-electron chi connectivity index (χ3n) is 3.65. The average molecular weight is 382 g/mol. The van der Waals surface area contributed by atoms with Gasteiger partial charge in [0.25, 0.3) is 5.97 Å². The second-order valence-electron chi connectivity index (χ2n) is 6.51. The lowest BCUT2D eigenvalue weighted by Crippen LogP contribution is -2.40. The Morgan fingerprint density at radius 2 is 1.46 bits per heavy atom. The molecule has 0 aliphatic heterocycles. The molecule has 0 heterocycles. The predicted molar refractivity (Wildman–Crippen MR) is 98.0 cm³/mol. The number of hydrogen-bond acceptors (Lipinski definition) is 7. The van der Waals surface area contributed by atoms with Crippen molar-refractivity contribution < 1.29 is 39.8 Å². The normalized spacial score (nSPS) is 12.4. The number of hydrogen-bond donors (Lipinski definition) is 5. The van der Waals surface area contributed by atoms with Crippen LogP contribution in [0.3, 0.4) is 0 Å². The number of rotatable bonds is 16. The second-order valence-corrected chi connectivity index (χ2v) is 6.51. The molecule has 0 radical (unpaired) electrons. The van der Waals surface area contributed by atoms with Crippen molar-refractivity contribution >= 4 is 5.97 Å². The summed E-state index contributed by atoms with van der Waals surface area (Å²) in [5, 5.41) is 44.3. The molecular weight excluding hydrogens is 344 g/mol. The molecule has 0 aliphatic rings. The van der Waals surface area contributed by atoms with Gasteiger partial charge in [0, 0.05) is 13.5 Å². The number of carboxylic acids is 1. The zero-order valence-corrected chi connectivity index (χ0v) is 16.2. The number of unbranched alkanes of at least 4 members (excludes halogenated alkanes) is 5. The lowest BCUT2D eigenvalue weighted by atomic mass is 9.92. The molecular formula is C18H38O8. The highest BCUT2D eigenvalue weighted by molar-refractivity contribution is 5.62. The van der Waals surface area contributed by atoms with Crippen LogP contribution < -0.4 is 0 Å². The van der Waals surface area contributed by atoms with Gasteiger partial charge in [-0.1, -0.05) is 39.0 Å². The summed E-state index contributed by atoms with van der Waals surface area (Å²) in [6, 6.07) is 0. The fraction of sp³-hybridized carbons (Fsp3) is 0.944. The van der Waals surface area contributed by atoms with Crippen LogP contribution in [-0.4, -0.2) is 83.9 Å². The summed E-state index contributed by atoms with van der Waals surface area (Å²) in [7, 11) is 0. The molecule has 0 rings (SSSR count). The average Bonchev–Trinajstić information content (AvgIpc) is 2.61. The van der Waals surface area contributed by atoms with Crippen molar-refractivity contribution in [3.05, 3.63) is 0 Å². The van der Waals surface area contributed by atoms with Gasteiger partial charge in [0.15, 0.2) is 0 Å². The molecule has 0 aromatic rings. The minimum absolute atomic E-state index is 0.0321. The van der Waals surface area contributed by atoms with E-state index in [1.807, 2.05) is 0 Å². The van der Waals surface area contributed by atoms with Crippen molar-refractivity contribution in [2.24, 2.45) is 5.41 Å². The number of ether oxygens (including phenoxy) is 2. The van der Waals surface area contributed by atoms with E-state index in [2.05, 4.69) is 6.92 Å². The second kappa shape index (κ2) is 19.0. The fourth-order valence-corrected chi connectivity index (χ4v) is 2.01. The van der Waals surface area contributed by atoms with Crippen molar-refractivity contribution in [1.82, 2.24) is 0 Å². The lowest BCUT2D eigenvalue weighted by Gasteiger charge is -2.29. The molecule has 1 atom stereocenters. The van der Waals surface area contributed by atoms with E-state index in [1.54, 1.807) is 0 Å². The summed E-state index contributed by atoms with van der Waals surface area (Å²) in [4.78, 5) is 9.00. The third-order valence-corrected chi connectivity index (χ3v) is 3.65. The van der Waals surface area contributed by atoms with Crippen molar-refractivity contribution in [1.29, 1.82) is 0 Å². The van der Waals surface area contributed by atoms with Gasteiger partial charge in [0.05, 0.1) is 45.1 Å². The quantitative estimate of drug-likeness (QED) is 0.247. The summed E-state index contributed by atoms with van der Waals surface area (Å²) < 4.78 is 10.8. The molecule has 8 nitrogen and oxygen atoms in total. The van der Waals surface area contributed by atoms with Gasteiger partial charge in [-0.05, 0) is 6.42 Å². The summed E-state index contributed by atoms with van der Waals surface area (Å²) in [5.74, 6) is -0.833. The first-order valence-electron chi connectivity index (χ1n) is 9.23. The van der Waals surface area contributed by atoms with Gasteiger partial charge in [-0.3, -0.25) is 4.79 Å². The van der Waals surface area contributed by atoms with Crippen LogP contribution in [0, 0.1) is 5.41 Å². The van der Waals surface area contributed by atoms with Crippen LogP contribution in [0.1, 0.15) is 52.4 Å². The molecule has 0 fully saturated rings. The van der Waals surface area contributed by atoms with Crippen molar-refractivity contribution in [3.63, 3.8) is 0 Å². The van der Waals surface area contributed by atoms with E-state index in [4.69, 9.17) is 24.5 Å². The fourth-order valence-electron chi connectivity index (χ4n) is 2.01. The number of aliphatic hydroxyl groups is 4. The Morgan fingerprint density at radius 3 is 1.96 bits per heavy atom. The highest BCUT2D eigenvalue weighted by Gasteiger charge is 2.30. The molecule has 0 spiro atoms. The van der Waals surface area contributed by atoms with Gasteiger partial charge in [-0.25, -0.2) is 0 Å². The van der Waals surface area contributed by atoms with Gasteiger partial charge in [-0.15, -0.1) is 0 Å². The Balaban J connectivity index is 0. The van der Waals surface area contributed by atoms with Crippen LogP contribution in [0.25, 0.3) is 0 Å². The first kappa shape index (κ1) is 27.4. The van der Waals surface area contributed by atoms with E-state index in [9.17, 15) is 15.3 Å². The minimum atomic E-state index is -0.945. The molecule has 5 N–H and O–H groups in total. The number of aliphatic carboxylic acids is 1. The Morgan fingerprint density at radius 1 is 0.962 bits per heavy atom. The Kier molecular flexibility index (Phi) is 20.1. The summed E-state index contributed by atoms with van der Waals surface area (Å²) in [5.41, 5.74) is -0.864. The Labute approximate surface area is 156 Å². The summed E-state index contributed by atoms with van der Waals surface area (Å²) in [6.07, 6.45) is 6.14. The van der Waals surface area contributed by atoms with Gasteiger partial charge in [0.2, 0.25) is 0 Å². The SMILES string of the molecule is CC(=O)O.CCCCCCCCOCC(CO)(CO)COCC(O)CO. The smallest absolute Gasteiger partial charge is 0.300 e. The van der Waals surface area contributed by atoms with E-state index in [-0.39, 0.29) is 39.6 Å². The zero-order valence-electron chi connectivity index (χ0n) is 16.2. The first-order chi connectivity index (χ1) is 12.4. The molecule has 26 heavy (non-hydrogen) atoms. The van der Waals surface area contributed by atoms with Crippen LogP contribution in [0.2, 0.25) is 0 Å². The van der Waals surface area contributed by atoms with Gasteiger partial charge in [0.1, 0.15) is 6.10 Å². The topological polar surface area (TPSA) is 137 Å². The van der Waals surface area contributed by atoms with Gasteiger partial charge < -0.3 is 35.0 Å². The maximum absolute atomic E-state index is 9.47. The minimum Gasteiger partial charge on any atom is -0.481 e. The monoisotopic (exact) mass is 382 g/mol. The highest BCUT2D eigenvalue weighted by Crippen LogP contribution is 2.17. The molecule has 0 aromatic heterocycles. The van der Waals surface area contributed by atoms with Crippen LogP contribution in [0.4, 0.5) is 0 Å². The van der Waals surface area contributed by atoms with Crippen molar-refractivity contribution in [3.8, 4) is 0 Å². The van der Waals surface area contributed by atoms with Gasteiger partial charge >= 0.3 is 0 Å². The summed E-state index contributed by atoms with van der Waals surface area (Å²) >= 11 is 0. The van der Waals surface area contributed by atoms with Crippen LogP contribution in [0.15, 0.2) is 0 Å². The molecule has 1 unspecified atom stereocenters. The largest absolute Gasteiger partial charge is 0.481 e. The number of carbonyl (C=O) groups is 1. The molecule has 0 aliphatic carbocycles. The molecule has 0 bridgehead atoms.